The largest absolute Gasteiger partial charge is 0.379 e. The van der Waals surface area contributed by atoms with Crippen LogP contribution in [0, 0.1) is 16.0 Å². The summed E-state index contributed by atoms with van der Waals surface area (Å²) in [6.07, 6.45) is 0.685. The van der Waals surface area contributed by atoms with Crippen molar-refractivity contribution in [2.24, 2.45) is 5.92 Å². The molecule has 1 aliphatic rings. The van der Waals surface area contributed by atoms with E-state index in [2.05, 4.69) is 10.6 Å². The van der Waals surface area contributed by atoms with Gasteiger partial charge in [-0.05, 0) is 25.0 Å². The van der Waals surface area contributed by atoms with Gasteiger partial charge in [0, 0.05) is 31.6 Å². The third kappa shape index (κ3) is 4.42. The second-order valence-electron chi connectivity index (χ2n) is 6.09. The topological polar surface area (TPSA) is 103 Å². The number of nitrogens with zero attached hydrogens (tertiary/aromatic N) is 1. The lowest BCUT2D eigenvalue weighted by atomic mass is 10.0. The first-order chi connectivity index (χ1) is 11.3. The summed E-state index contributed by atoms with van der Waals surface area (Å²) in [6.45, 7) is 5.62. The van der Waals surface area contributed by atoms with Gasteiger partial charge in [0.15, 0.2) is 5.79 Å². The van der Waals surface area contributed by atoms with E-state index < -0.39 is 10.7 Å². The number of nitro groups is 1. The van der Waals surface area contributed by atoms with E-state index in [-0.39, 0.29) is 23.1 Å². The molecule has 0 spiro atoms. The molecule has 1 atom stereocenters. The molecule has 24 heavy (non-hydrogen) atoms. The summed E-state index contributed by atoms with van der Waals surface area (Å²) in [7, 11) is 1.48. The van der Waals surface area contributed by atoms with Gasteiger partial charge in [-0.3, -0.25) is 14.9 Å². The maximum Gasteiger partial charge on any atom is 0.293 e. The zero-order valence-electron chi connectivity index (χ0n) is 14.1. The minimum absolute atomic E-state index is 0.122. The molecule has 0 bridgehead atoms. The van der Waals surface area contributed by atoms with Gasteiger partial charge in [0.05, 0.1) is 18.1 Å². The van der Waals surface area contributed by atoms with Gasteiger partial charge in [0.1, 0.15) is 5.69 Å². The molecule has 1 amide bonds. The molecule has 0 aliphatic carbocycles. The van der Waals surface area contributed by atoms with Crippen LogP contribution in [-0.4, -0.2) is 43.4 Å². The van der Waals surface area contributed by atoms with E-state index >= 15 is 0 Å². The number of anilines is 1. The van der Waals surface area contributed by atoms with Gasteiger partial charge in [0.25, 0.3) is 11.6 Å². The van der Waals surface area contributed by atoms with Crippen LogP contribution in [0.25, 0.3) is 0 Å². The molecular weight excluding hydrogens is 314 g/mol. The van der Waals surface area contributed by atoms with Crippen LogP contribution in [0.5, 0.6) is 0 Å². The van der Waals surface area contributed by atoms with Crippen molar-refractivity contribution < 1.29 is 19.2 Å². The highest BCUT2D eigenvalue weighted by Crippen LogP contribution is 2.29. The molecule has 0 saturated carbocycles. The van der Waals surface area contributed by atoms with E-state index in [0.717, 1.165) is 0 Å². The monoisotopic (exact) mass is 337 g/mol. The van der Waals surface area contributed by atoms with Gasteiger partial charge in [-0.2, -0.15) is 0 Å². The molecular formula is C16H23N3O5. The van der Waals surface area contributed by atoms with Crippen molar-refractivity contribution in [2.45, 2.75) is 26.1 Å². The Morgan fingerprint density at radius 1 is 1.42 bits per heavy atom. The van der Waals surface area contributed by atoms with Gasteiger partial charge >= 0.3 is 0 Å². The lowest BCUT2D eigenvalue weighted by molar-refractivity contribution is -0.384. The molecule has 1 aromatic carbocycles. The summed E-state index contributed by atoms with van der Waals surface area (Å²) in [5, 5.41) is 16.8. The maximum atomic E-state index is 11.6. The SMILES string of the molecule is CNC(=O)c1ccc(NC[C@H](C)CC2(C)OCCO2)c([N+](=O)[O-])c1. The molecule has 1 aromatic rings. The summed E-state index contributed by atoms with van der Waals surface area (Å²) in [5.41, 5.74) is 0.517. The Morgan fingerprint density at radius 3 is 2.67 bits per heavy atom. The molecule has 0 unspecified atom stereocenters. The first kappa shape index (κ1) is 18.2. The Bertz CT molecular complexity index is 614. The van der Waals surface area contributed by atoms with Crippen LogP contribution < -0.4 is 10.6 Å². The van der Waals surface area contributed by atoms with E-state index in [4.69, 9.17) is 9.47 Å². The first-order valence-electron chi connectivity index (χ1n) is 7.87. The number of carbonyl (C=O) groups excluding carboxylic acids is 1. The van der Waals surface area contributed by atoms with Gasteiger partial charge in [-0.15, -0.1) is 0 Å². The molecule has 1 heterocycles. The number of nitrogens with one attached hydrogen (secondary N) is 2. The molecule has 8 heteroatoms. The number of hydrogen-bond acceptors (Lipinski definition) is 6. The van der Waals surface area contributed by atoms with Crippen LogP contribution in [-0.2, 0) is 9.47 Å². The molecule has 1 fully saturated rings. The molecule has 1 saturated heterocycles. The number of ether oxygens (including phenoxy) is 2. The average Bonchev–Trinajstić information content (AvgIpc) is 2.97. The summed E-state index contributed by atoms with van der Waals surface area (Å²) in [4.78, 5) is 22.4. The zero-order chi connectivity index (χ0) is 17.7. The Morgan fingerprint density at radius 2 is 2.08 bits per heavy atom. The summed E-state index contributed by atoms with van der Waals surface area (Å²) < 4.78 is 11.2. The fourth-order valence-electron chi connectivity index (χ4n) is 2.78. The lowest BCUT2D eigenvalue weighted by Crippen LogP contribution is -2.30. The Kier molecular flexibility index (Phi) is 5.74. The van der Waals surface area contributed by atoms with Crippen molar-refractivity contribution in [1.82, 2.24) is 5.32 Å². The van der Waals surface area contributed by atoms with E-state index in [0.29, 0.717) is 31.9 Å². The highest BCUT2D eigenvalue weighted by atomic mass is 16.7. The standard InChI is InChI=1S/C16H23N3O5/c1-11(9-16(2)23-6-7-24-16)10-18-13-5-4-12(15(20)17-3)8-14(13)19(21)22/h4-5,8,11,18H,6-7,9-10H2,1-3H3,(H,17,20)/t11-/m1/s1. The van der Waals surface area contributed by atoms with Gasteiger partial charge in [0.2, 0.25) is 0 Å². The maximum absolute atomic E-state index is 11.6. The molecule has 132 valence electrons. The predicted octanol–water partition coefficient (Wildman–Crippen LogP) is 2.16. The minimum atomic E-state index is -0.587. The van der Waals surface area contributed by atoms with Crippen molar-refractivity contribution >= 4 is 17.3 Å². The first-order valence-corrected chi connectivity index (χ1v) is 7.87. The summed E-state index contributed by atoms with van der Waals surface area (Å²) in [6, 6.07) is 4.39. The third-order valence-corrected chi connectivity index (χ3v) is 3.94. The number of amides is 1. The van der Waals surface area contributed by atoms with E-state index in [9.17, 15) is 14.9 Å². The summed E-state index contributed by atoms with van der Waals surface area (Å²) in [5.74, 6) is -0.761. The van der Waals surface area contributed by atoms with Crippen LogP contribution >= 0.6 is 0 Å². The second kappa shape index (κ2) is 7.59. The van der Waals surface area contributed by atoms with E-state index in [1.165, 1.54) is 13.1 Å². The van der Waals surface area contributed by atoms with Crippen molar-refractivity contribution in [1.29, 1.82) is 0 Å². The molecule has 0 radical (unpaired) electrons. The smallest absolute Gasteiger partial charge is 0.293 e. The van der Waals surface area contributed by atoms with Gasteiger partial charge < -0.3 is 20.1 Å². The van der Waals surface area contributed by atoms with Gasteiger partial charge in [-0.1, -0.05) is 6.92 Å². The normalized spacial score (nSPS) is 17.3. The van der Waals surface area contributed by atoms with Crippen LogP contribution in [0.2, 0.25) is 0 Å². The van der Waals surface area contributed by atoms with E-state index in [1.807, 2.05) is 13.8 Å². The van der Waals surface area contributed by atoms with Crippen molar-refractivity contribution in [3.05, 3.63) is 33.9 Å². The fourth-order valence-corrected chi connectivity index (χ4v) is 2.78. The quantitative estimate of drug-likeness (QED) is 0.584. The molecule has 2 rings (SSSR count). The van der Waals surface area contributed by atoms with Crippen molar-refractivity contribution in [3.8, 4) is 0 Å². The third-order valence-electron chi connectivity index (χ3n) is 3.94. The molecule has 2 N–H and O–H groups in total. The Hall–Kier alpha value is -2.19. The molecule has 0 aromatic heterocycles. The zero-order valence-corrected chi connectivity index (χ0v) is 14.1. The average molecular weight is 337 g/mol. The predicted molar refractivity (Wildman–Crippen MR) is 89.1 cm³/mol. The van der Waals surface area contributed by atoms with Crippen molar-refractivity contribution in [2.75, 3.05) is 32.1 Å². The van der Waals surface area contributed by atoms with Crippen LogP contribution in [0.3, 0.4) is 0 Å². The highest BCUT2D eigenvalue weighted by Gasteiger charge is 2.32. The van der Waals surface area contributed by atoms with Crippen molar-refractivity contribution in [3.63, 3.8) is 0 Å². The number of nitro benzene ring substituents is 1. The fraction of sp³-hybridized carbons (Fsp3) is 0.562. The lowest BCUT2D eigenvalue weighted by Gasteiger charge is -2.26. The molecule has 8 nitrogen and oxygen atoms in total. The highest BCUT2D eigenvalue weighted by molar-refractivity contribution is 5.95. The second-order valence-corrected chi connectivity index (χ2v) is 6.09. The van der Waals surface area contributed by atoms with Gasteiger partial charge in [-0.25, -0.2) is 0 Å². The minimum Gasteiger partial charge on any atom is -0.379 e. The Labute approximate surface area is 140 Å². The summed E-state index contributed by atoms with van der Waals surface area (Å²) >= 11 is 0. The number of rotatable bonds is 7. The molecule has 1 aliphatic heterocycles. The number of hydrogen-bond donors (Lipinski definition) is 2. The van der Waals surface area contributed by atoms with Crippen LogP contribution in [0.1, 0.15) is 30.6 Å². The van der Waals surface area contributed by atoms with Crippen LogP contribution in [0.15, 0.2) is 18.2 Å². The van der Waals surface area contributed by atoms with Crippen LogP contribution in [0.4, 0.5) is 11.4 Å². The Balaban J connectivity index is 2.03. The van der Waals surface area contributed by atoms with E-state index in [1.54, 1.807) is 12.1 Å². The number of carbonyl (C=O) groups is 1. The number of benzene rings is 1.